The molecule has 1 saturated carbocycles. The Balaban J connectivity index is 1.46. The molecular weight excluding hydrogens is 487 g/mol. The van der Waals surface area contributed by atoms with Crippen molar-refractivity contribution in [3.05, 3.63) is 36.0 Å². The van der Waals surface area contributed by atoms with Crippen molar-refractivity contribution < 1.29 is 22.7 Å². The van der Waals surface area contributed by atoms with Gasteiger partial charge in [0.25, 0.3) is 0 Å². The third kappa shape index (κ3) is 5.63. The van der Waals surface area contributed by atoms with Gasteiger partial charge in [-0.25, -0.2) is 9.97 Å². The Morgan fingerprint density at radius 2 is 1.84 bits per heavy atom. The summed E-state index contributed by atoms with van der Waals surface area (Å²) < 4.78 is 46.6. The molecule has 1 aliphatic heterocycles. The molecule has 0 bridgehead atoms. The van der Waals surface area contributed by atoms with E-state index in [1.165, 1.54) is 12.1 Å². The molecule has 1 aliphatic carbocycles. The second kappa shape index (κ2) is 10.2. The number of hydrogen-bond donors (Lipinski definition) is 3. The fourth-order valence-corrected chi connectivity index (χ4v) is 5.20. The number of amides is 1. The Hall–Kier alpha value is -3.41. The van der Waals surface area contributed by atoms with E-state index in [1.54, 1.807) is 6.20 Å². The SMILES string of the molecule is C[C@H]1C[C@@H](Nc2ncc3nc(Nc4ccc(C(F)(F)F)cc4)n(C4CCC(C(N)=O)CC4)c3n2)CCO1. The predicted molar refractivity (Wildman–Crippen MR) is 132 cm³/mol. The number of hydrogen-bond acceptors (Lipinski definition) is 7. The monoisotopic (exact) mass is 517 g/mol. The van der Waals surface area contributed by atoms with Crippen LogP contribution in [0, 0.1) is 5.92 Å². The van der Waals surface area contributed by atoms with E-state index in [4.69, 9.17) is 15.5 Å². The fourth-order valence-electron chi connectivity index (χ4n) is 5.20. The Morgan fingerprint density at radius 3 is 2.49 bits per heavy atom. The first-order chi connectivity index (χ1) is 17.7. The molecule has 1 saturated heterocycles. The van der Waals surface area contributed by atoms with Crippen LogP contribution in [-0.4, -0.2) is 44.2 Å². The lowest BCUT2D eigenvalue weighted by atomic mass is 9.85. The highest BCUT2D eigenvalue weighted by atomic mass is 19.4. The lowest BCUT2D eigenvalue weighted by Gasteiger charge is -2.29. The summed E-state index contributed by atoms with van der Waals surface area (Å²) in [5.41, 5.74) is 6.46. The smallest absolute Gasteiger partial charge is 0.378 e. The van der Waals surface area contributed by atoms with Gasteiger partial charge in [0, 0.05) is 30.3 Å². The van der Waals surface area contributed by atoms with Crippen LogP contribution in [0.25, 0.3) is 11.2 Å². The van der Waals surface area contributed by atoms with E-state index in [0.29, 0.717) is 61.0 Å². The molecule has 2 atom stereocenters. The highest BCUT2D eigenvalue weighted by Gasteiger charge is 2.31. The maximum absolute atomic E-state index is 13.0. The molecule has 3 heterocycles. The number of imidazole rings is 1. The van der Waals surface area contributed by atoms with Crippen molar-refractivity contribution in [2.24, 2.45) is 11.7 Å². The summed E-state index contributed by atoms with van der Waals surface area (Å²) in [5.74, 6) is 0.485. The van der Waals surface area contributed by atoms with Gasteiger partial charge in [0.15, 0.2) is 5.65 Å². The largest absolute Gasteiger partial charge is 0.416 e. The van der Waals surface area contributed by atoms with Gasteiger partial charge in [-0.3, -0.25) is 9.36 Å². The van der Waals surface area contributed by atoms with E-state index >= 15 is 0 Å². The number of rotatable bonds is 6. The molecule has 2 aromatic heterocycles. The van der Waals surface area contributed by atoms with Crippen LogP contribution in [0.4, 0.5) is 30.8 Å². The van der Waals surface area contributed by atoms with Crippen molar-refractivity contribution >= 4 is 34.7 Å². The molecule has 1 amide bonds. The number of aromatic nitrogens is 4. The van der Waals surface area contributed by atoms with Crippen LogP contribution in [0.5, 0.6) is 0 Å². The number of benzene rings is 1. The van der Waals surface area contributed by atoms with Crippen LogP contribution in [-0.2, 0) is 15.7 Å². The molecule has 12 heteroatoms. The van der Waals surface area contributed by atoms with Gasteiger partial charge in [-0.2, -0.15) is 18.2 Å². The van der Waals surface area contributed by atoms with Crippen molar-refractivity contribution in [1.82, 2.24) is 19.5 Å². The Bertz CT molecular complexity index is 1250. The van der Waals surface area contributed by atoms with Crippen LogP contribution < -0.4 is 16.4 Å². The minimum absolute atomic E-state index is 0.0107. The summed E-state index contributed by atoms with van der Waals surface area (Å²) in [7, 11) is 0. The zero-order valence-electron chi connectivity index (χ0n) is 20.5. The minimum Gasteiger partial charge on any atom is -0.378 e. The third-order valence-corrected chi connectivity index (χ3v) is 7.18. The molecule has 2 fully saturated rings. The van der Waals surface area contributed by atoms with Crippen molar-refractivity contribution in [2.75, 3.05) is 17.2 Å². The minimum atomic E-state index is -4.41. The van der Waals surface area contributed by atoms with Crippen LogP contribution in [0.2, 0.25) is 0 Å². The van der Waals surface area contributed by atoms with Gasteiger partial charge in [0.2, 0.25) is 17.8 Å². The molecule has 198 valence electrons. The number of nitrogens with two attached hydrogens (primary N) is 1. The van der Waals surface area contributed by atoms with Gasteiger partial charge >= 0.3 is 6.18 Å². The van der Waals surface area contributed by atoms with E-state index < -0.39 is 11.7 Å². The van der Waals surface area contributed by atoms with E-state index in [-0.39, 0.29) is 30.0 Å². The summed E-state index contributed by atoms with van der Waals surface area (Å²) in [4.78, 5) is 25.6. The average molecular weight is 518 g/mol. The topological polar surface area (TPSA) is 120 Å². The lowest BCUT2D eigenvalue weighted by Crippen LogP contribution is -2.33. The number of nitrogens with one attached hydrogen (secondary N) is 2. The van der Waals surface area contributed by atoms with Crippen molar-refractivity contribution in [3.63, 3.8) is 0 Å². The number of carbonyl (C=O) groups excluding carboxylic acids is 1. The third-order valence-electron chi connectivity index (χ3n) is 7.18. The molecule has 9 nitrogen and oxygen atoms in total. The van der Waals surface area contributed by atoms with Crippen molar-refractivity contribution in [2.45, 2.75) is 69.8 Å². The second-order valence-electron chi connectivity index (χ2n) is 9.86. The van der Waals surface area contributed by atoms with Crippen LogP contribution in [0.1, 0.15) is 57.1 Å². The van der Waals surface area contributed by atoms with Gasteiger partial charge in [-0.05, 0) is 69.7 Å². The second-order valence-corrected chi connectivity index (χ2v) is 9.86. The van der Waals surface area contributed by atoms with Gasteiger partial charge < -0.3 is 21.1 Å². The normalized spacial score (nSPS) is 24.6. The summed E-state index contributed by atoms with van der Waals surface area (Å²) >= 11 is 0. The first-order valence-corrected chi connectivity index (χ1v) is 12.5. The van der Waals surface area contributed by atoms with Crippen LogP contribution in [0.15, 0.2) is 30.5 Å². The fraction of sp³-hybridized carbons (Fsp3) is 0.520. The van der Waals surface area contributed by atoms with Gasteiger partial charge in [-0.1, -0.05) is 0 Å². The van der Waals surface area contributed by atoms with E-state index in [9.17, 15) is 18.0 Å². The number of primary amides is 1. The highest BCUT2D eigenvalue weighted by Crippen LogP contribution is 2.37. The number of nitrogens with zero attached hydrogens (tertiary/aromatic N) is 4. The summed E-state index contributed by atoms with van der Waals surface area (Å²) in [6.07, 6.45) is 1.78. The zero-order chi connectivity index (χ0) is 26.2. The molecule has 4 N–H and O–H groups in total. The van der Waals surface area contributed by atoms with Gasteiger partial charge in [-0.15, -0.1) is 0 Å². The number of halogens is 3. The molecule has 5 rings (SSSR count). The van der Waals surface area contributed by atoms with Crippen molar-refractivity contribution in [3.8, 4) is 0 Å². The lowest BCUT2D eigenvalue weighted by molar-refractivity contribution is -0.137. The number of anilines is 3. The number of ether oxygens (including phenoxy) is 1. The Morgan fingerprint density at radius 1 is 1.11 bits per heavy atom. The van der Waals surface area contributed by atoms with E-state index in [1.807, 2.05) is 11.5 Å². The molecule has 37 heavy (non-hydrogen) atoms. The number of carbonyl (C=O) groups is 1. The predicted octanol–water partition coefficient (Wildman–Crippen LogP) is 4.78. The maximum atomic E-state index is 13.0. The molecule has 3 aromatic rings. The quantitative estimate of drug-likeness (QED) is 0.430. The molecule has 2 aliphatic rings. The van der Waals surface area contributed by atoms with E-state index in [2.05, 4.69) is 20.6 Å². The number of fused-ring (bicyclic) bond motifs is 1. The zero-order valence-corrected chi connectivity index (χ0v) is 20.5. The molecule has 0 spiro atoms. The molecule has 0 radical (unpaired) electrons. The standard InChI is InChI=1S/C25H30F3N7O2/c1-14-12-18(10-11-37-14)31-23-30-13-20-22(34-23)35(19-8-2-15(3-9-19)21(29)36)24(33-20)32-17-6-4-16(5-7-17)25(26,27)28/h4-7,13-15,18-19H,2-3,8-12H2,1H3,(H2,29,36)(H,32,33)(H,30,31,34)/t14-,15?,18-,19?/m0/s1. The molecule has 1 aromatic carbocycles. The maximum Gasteiger partial charge on any atom is 0.416 e. The van der Waals surface area contributed by atoms with Gasteiger partial charge in [0.1, 0.15) is 5.52 Å². The Kier molecular flexibility index (Phi) is 6.93. The van der Waals surface area contributed by atoms with E-state index in [0.717, 1.165) is 25.0 Å². The van der Waals surface area contributed by atoms with Crippen LogP contribution in [0.3, 0.4) is 0 Å². The average Bonchev–Trinajstić information content (AvgIpc) is 3.21. The Labute approximate surface area is 212 Å². The van der Waals surface area contributed by atoms with Crippen molar-refractivity contribution in [1.29, 1.82) is 0 Å². The first kappa shape index (κ1) is 25.2. The molecule has 0 unspecified atom stereocenters. The van der Waals surface area contributed by atoms with Crippen LogP contribution >= 0.6 is 0 Å². The first-order valence-electron chi connectivity index (χ1n) is 12.5. The number of alkyl halides is 3. The molecular formula is C25H30F3N7O2. The van der Waals surface area contributed by atoms with Gasteiger partial charge in [0.05, 0.1) is 17.9 Å². The summed E-state index contributed by atoms with van der Waals surface area (Å²) in [5, 5.41) is 6.57. The summed E-state index contributed by atoms with van der Waals surface area (Å²) in [6.45, 7) is 2.71. The highest BCUT2D eigenvalue weighted by molar-refractivity contribution is 5.78. The summed E-state index contributed by atoms with van der Waals surface area (Å²) in [6, 6.07) is 4.99.